The van der Waals surface area contributed by atoms with Gasteiger partial charge in [0, 0.05) is 23.9 Å². The van der Waals surface area contributed by atoms with Gasteiger partial charge in [0.05, 0.1) is 12.7 Å². The molecule has 4 rings (SSSR count). The van der Waals surface area contributed by atoms with Gasteiger partial charge in [-0.3, -0.25) is 9.78 Å². The molecular weight excluding hydrogens is 463 g/mol. The quantitative estimate of drug-likeness (QED) is 0.330. The molecule has 0 saturated heterocycles. The zero-order valence-corrected chi connectivity index (χ0v) is 17.9. The summed E-state index contributed by atoms with van der Waals surface area (Å²) in [5.41, 5.74) is 0.729. The second-order valence-corrected chi connectivity index (χ2v) is 7.49. The van der Waals surface area contributed by atoms with Gasteiger partial charge in [-0.05, 0) is 48.7 Å². The predicted octanol–water partition coefficient (Wildman–Crippen LogP) is 6.83. The smallest absolute Gasteiger partial charge is 0.490 e. The average molecular weight is 480 g/mol. The summed E-state index contributed by atoms with van der Waals surface area (Å²) >= 11 is 5.67. The van der Waals surface area contributed by atoms with Crippen LogP contribution >= 0.6 is 11.6 Å². The molecule has 1 fully saturated rings. The van der Waals surface area contributed by atoms with Crippen molar-refractivity contribution in [3.63, 3.8) is 0 Å². The van der Waals surface area contributed by atoms with Gasteiger partial charge in [0.2, 0.25) is 11.5 Å². The van der Waals surface area contributed by atoms with Crippen LogP contribution in [-0.2, 0) is 0 Å². The monoisotopic (exact) mass is 479 g/mol. The van der Waals surface area contributed by atoms with Crippen LogP contribution in [0.1, 0.15) is 34.8 Å². The van der Waals surface area contributed by atoms with Crippen LogP contribution in [-0.4, -0.2) is 23.7 Å². The maximum absolute atomic E-state index is 13.0. The first kappa shape index (κ1) is 22.7. The first-order valence-corrected chi connectivity index (χ1v) is 10.2. The highest BCUT2D eigenvalue weighted by Crippen LogP contribution is 2.49. The number of carbonyl (C=O) groups excluding carboxylic acids is 1. The molecular formula is C23H17ClF3NO5. The number of para-hydroxylation sites is 1. The second-order valence-electron chi connectivity index (χ2n) is 7.14. The molecule has 0 aliphatic heterocycles. The zero-order chi connectivity index (χ0) is 23.6. The minimum absolute atomic E-state index is 0.00395. The van der Waals surface area contributed by atoms with E-state index in [4.69, 9.17) is 25.8 Å². The van der Waals surface area contributed by atoms with E-state index in [2.05, 4.69) is 9.72 Å². The fourth-order valence-electron chi connectivity index (χ4n) is 3.11. The minimum atomic E-state index is -4.97. The molecule has 1 aliphatic rings. The van der Waals surface area contributed by atoms with Gasteiger partial charge in [-0.15, -0.1) is 13.2 Å². The molecule has 0 atom stereocenters. The molecule has 1 aliphatic carbocycles. The lowest BCUT2D eigenvalue weighted by molar-refractivity contribution is -0.275. The first-order valence-electron chi connectivity index (χ1n) is 9.82. The second kappa shape index (κ2) is 9.19. The van der Waals surface area contributed by atoms with Crippen molar-refractivity contribution in [3.05, 3.63) is 66.0 Å². The van der Waals surface area contributed by atoms with Crippen LogP contribution < -0.4 is 18.9 Å². The summed E-state index contributed by atoms with van der Waals surface area (Å²) in [6.45, 7) is 0. The number of ether oxygens (including phenoxy) is 4. The summed E-state index contributed by atoms with van der Waals surface area (Å²) in [5.74, 6) is -0.556. The number of halogens is 4. The number of hydrogen-bond acceptors (Lipinski definition) is 6. The van der Waals surface area contributed by atoms with Gasteiger partial charge in [0.15, 0.2) is 11.5 Å². The highest BCUT2D eigenvalue weighted by molar-refractivity contribution is 6.68. The molecule has 0 spiro atoms. The van der Waals surface area contributed by atoms with Gasteiger partial charge in [0.25, 0.3) is 5.24 Å². The number of methoxy groups -OCH3 is 1. The summed E-state index contributed by atoms with van der Waals surface area (Å²) in [6.07, 6.45) is -1.73. The van der Waals surface area contributed by atoms with E-state index in [1.165, 1.54) is 19.4 Å². The molecule has 1 aromatic heterocycles. The first-order chi connectivity index (χ1) is 15.7. The van der Waals surface area contributed by atoms with E-state index in [0.29, 0.717) is 0 Å². The fourth-order valence-corrected chi connectivity index (χ4v) is 3.26. The van der Waals surface area contributed by atoms with E-state index in [-0.39, 0.29) is 40.2 Å². The highest BCUT2D eigenvalue weighted by Gasteiger charge is 2.34. The lowest BCUT2D eigenvalue weighted by Gasteiger charge is -2.19. The Morgan fingerprint density at radius 1 is 1.00 bits per heavy atom. The Hall–Kier alpha value is -3.46. The van der Waals surface area contributed by atoms with E-state index < -0.39 is 17.4 Å². The summed E-state index contributed by atoms with van der Waals surface area (Å²) in [4.78, 5) is 16.1. The lowest BCUT2D eigenvalue weighted by atomic mass is 10.2. The highest BCUT2D eigenvalue weighted by atomic mass is 35.5. The number of hydrogen-bond donors (Lipinski definition) is 0. The van der Waals surface area contributed by atoms with E-state index in [0.717, 1.165) is 24.6 Å². The van der Waals surface area contributed by atoms with Crippen molar-refractivity contribution in [2.45, 2.75) is 25.1 Å². The Morgan fingerprint density at radius 3 is 2.30 bits per heavy atom. The Bertz CT molecular complexity index is 1170. The molecule has 3 aromatic rings. The van der Waals surface area contributed by atoms with Crippen LogP contribution in [0.5, 0.6) is 34.5 Å². The standard InChI is InChI=1S/C23H17ClF3NO5/c1-30-20-17(32-19-11-16(13-7-8-13)28-12-15(19)22(24)29)9-10-18(33-23(25,26)27)21(20)31-14-5-3-2-4-6-14/h2-6,9-13H,7-8H2,1H3. The molecule has 33 heavy (non-hydrogen) atoms. The van der Waals surface area contributed by atoms with Crippen molar-refractivity contribution in [3.8, 4) is 34.5 Å². The SMILES string of the molecule is COc1c(Oc2cc(C3CC3)ncc2C(=O)Cl)ccc(OC(F)(F)F)c1Oc1ccccc1. The third-order valence-electron chi connectivity index (χ3n) is 4.75. The lowest BCUT2D eigenvalue weighted by Crippen LogP contribution is -2.17. The number of pyridine rings is 1. The molecule has 1 saturated carbocycles. The van der Waals surface area contributed by atoms with Crippen molar-refractivity contribution in [1.29, 1.82) is 0 Å². The zero-order valence-electron chi connectivity index (χ0n) is 17.2. The van der Waals surface area contributed by atoms with Crippen LogP contribution in [0, 0.1) is 0 Å². The van der Waals surface area contributed by atoms with Gasteiger partial charge in [-0.25, -0.2) is 0 Å². The van der Waals surface area contributed by atoms with Crippen molar-refractivity contribution in [2.75, 3.05) is 7.11 Å². The maximum Gasteiger partial charge on any atom is 0.573 e. The summed E-state index contributed by atoms with van der Waals surface area (Å²) in [7, 11) is 1.24. The van der Waals surface area contributed by atoms with Gasteiger partial charge >= 0.3 is 6.36 Å². The molecule has 0 N–H and O–H groups in total. The summed E-state index contributed by atoms with van der Waals surface area (Å²) < 4.78 is 60.0. The van der Waals surface area contributed by atoms with Crippen LogP contribution in [0.25, 0.3) is 0 Å². The number of aromatic nitrogens is 1. The molecule has 10 heteroatoms. The Morgan fingerprint density at radius 2 is 1.70 bits per heavy atom. The summed E-state index contributed by atoms with van der Waals surface area (Å²) in [5, 5.41) is -0.795. The minimum Gasteiger partial charge on any atom is -0.490 e. The average Bonchev–Trinajstić information content (AvgIpc) is 3.61. The van der Waals surface area contributed by atoms with E-state index in [1.54, 1.807) is 36.4 Å². The number of carbonyl (C=O) groups is 1. The topological polar surface area (TPSA) is 66.9 Å². The Kier molecular flexibility index (Phi) is 6.33. The number of nitrogens with zero attached hydrogens (tertiary/aromatic N) is 1. The molecule has 0 radical (unpaired) electrons. The van der Waals surface area contributed by atoms with Gasteiger partial charge < -0.3 is 18.9 Å². The van der Waals surface area contributed by atoms with Crippen LogP contribution in [0.4, 0.5) is 13.2 Å². The van der Waals surface area contributed by atoms with E-state index >= 15 is 0 Å². The Balaban J connectivity index is 1.78. The number of rotatable bonds is 8. The van der Waals surface area contributed by atoms with Crippen molar-refractivity contribution < 1.29 is 36.9 Å². The summed E-state index contributed by atoms with van der Waals surface area (Å²) in [6, 6.07) is 12.0. The third kappa shape index (κ3) is 5.48. The van der Waals surface area contributed by atoms with Crippen molar-refractivity contribution in [1.82, 2.24) is 4.98 Å². The van der Waals surface area contributed by atoms with Gasteiger partial charge in [-0.1, -0.05) is 18.2 Å². The molecule has 0 unspecified atom stereocenters. The van der Waals surface area contributed by atoms with Crippen molar-refractivity contribution >= 4 is 16.8 Å². The Labute approximate surface area is 191 Å². The van der Waals surface area contributed by atoms with E-state index in [1.807, 2.05) is 0 Å². The molecule has 172 valence electrons. The largest absolute Gasteiger partial charge is 0.573 e. The van der Waals surface area contributed by atoms with Gasteiger partial charge in [0.1, 0.15) is 11.5 Å². The normalized spacial score (nSPS) is 13.4. The van der Waals surface area contributed by atoms with Crippen LogP contribution in [0.2, 0.25) is 0 Å². The van der Waals surface area contributed by atoms with Crippen LogP contribution in [0.3, 0.4) is 0 Å². The molecule has 6 nitrogen and oxygen atoms in total. The third-order valence-corrected chi connectivity index (χ3v) is 4.95. The van der Waals surface area contributed by atoms with Gasteiger partial charge in [-0.2, -0.15) is 0 Å². The predicted molar refractivity (Wildman–Crippen MR) is 113 cm³/mol. The maximum atomic E-state index is 13.0. The van der Waals surface area contributed by atoms with E-state index in [9.17, 15) is 18.0 Å². The van der Waals surface area contributed by atoms with Crippen LogP contribution in [0.15, 0.2) is 54.7 Å². The van der Waals surface area contributed by atoms with Crippen molar-refractivity contribution in [2.24, 2.45) is 0 Å². The molecule has 2 aromatic carbocycles. The fraction of sp³-hybridized carbons (Fsp3) is 0.217. The molecule has 0 amide bonds. The number of alkyl halides is 3. The molecule has 0 bridgehead atoms. The molecule has 1 heterocycles. The number of benzene rings is 2.